The lowest BCUT2D eigenvalue weighted by Gasteiger charge is -2.32. The molecule has 1 saturated heterocycles. The molecule has 0 bridgehead atoms. The maximum Gasteiger partial charge on any atom is 0.185 e. The molecule has 1 N–H and O–H groups in total. The fourth-order valence-electron chi connectivity index (χ4n) is 2.74. The molecule has 1 fully saturated rings. The largest absolute Gasteiger partial charge is 0.384 e. The van der Waals surface area contributed by atoms with E-state index in [1.165, 1.54) is 17.7 Å². The minimum absolute atomic E-state index is 0.590. The number of nitrogens with zero attached hydrogens (tertiary/aromatic N) is 2. The first kappa shape index (κ1) is 16.7. The van der Waals surface area contributed by atoms with Crippen LogP contribution in [0.4, 0.5) is 5.13 Å². The van der Waals surface area contributed by atoms with Gasteiger partial charge in [-0.25, -0.2) is 4.98 Å². The average molecular weight is 313 g/mol. The van der Waals surface area contributed by atoms with Crippen LogP contribution in [0, 0.1) is 5.92 Å². The molecule has 21 heavy (non-hydrogen) atoms. The van der Waals surface area contributed by atoms with Crippen LogP contribution < -0.4 is 10.2 Å². The lowest BCUT2D eigenvalue weighted by molar-refractivity contribution is 0.143. The van der Waals surface area contributed by atoms with Crippen LogP contribution in [0.5, 0.6) is 0 Å². The van der Waals surface area contributed by atoms with E-state index in [1.54, 1.807) is 25.6 Å². The Morgan fingerprint density at radius 2 is 2.24 bits per heavy atom. The number of methoxy groups -OCH3 is 2. The van der Waals surface area contributed by atoms with Crippen molar-refractivity contribution in [2.75, 3.05) is 45.4 Å². The maximum atomic E-state index is 5.31. The molecule has 2 rings (SSSR count). The van der Waals surface area contributed by atoms with Crippen LogP contribution >= 0.6 is 11.3 Å². The van der Waals surface area contributed by atoms with Crippen molar-refractivity contribution in [3.05, 3.63) is 10.6 Å². The van der Waals surface area contributed by atoms with Gasteiger partial charge in [-0.2, -0.15) is 0 Å². The molecule has 5 nitrogen and oxygen atoms in total. The summed E-state index contributed by atoms with van der Waals surface area (Å²) < 4.78 is 10.6. The molecule has 1 aromatic rings. The predicted molar refractivity (Wildman–Crippen MR) is 87.0 cm³/mol. The van der Waals surface area contributed by atoms with Gasteiger partial charge in [0.25, 0.3) is 0 Å². The number of anilines is 1. The summed E-state index contributed by atoms with van der Waals surface area (Å²) in [6.45, 7) is 7.55. The fraction of sp³-hybridized carbons (Fsp3) is 0.800. The fourth-order valence-corrected chi connectivity index (χ4v) is 3.81. The second-order valence-corrected chi connectivity index (χ2v) is 6.55. The molecule has 1 aliphatic rings. The van der Waals surface area contributed by atoms with E-state index in [-0.39, 0.29) is 0 Å². The quantitative estimate of drug-likeness (QED) is 0.798. The molecular formula is C15H27N3O2S. The van der Waals surface area contributed by atoms with Crippen molar-refractivity contribution in [2.45, 2.75) is 32.9 Å². The summed E-state index contributed by atoms with van der Waals surface area (Å²) >= 11 is 1.80. The van der Waals surface area contributed by atoms with Gasteiger partial charge in [-0.3, -0.25) is 0 Å². The summed E-state index contributed by atoms with van der Waals surface area (Å²) in [6, 6.07) is 0. The molecule has 6 heteroatoms. The van der Waals surface area contributed by atoms with E-state index in [2.05, 4.69) is 17.1 Å². The van der Waals surface area contributed by atoms with Gasteiger partial charge in [0, 0.05) is 38.7 Å². The van der Waals surface area contributed by atoms with Crippen LogP contribution in [0.3, 0.4) is 0 Å². The molecule has 0 saturated carbocycles. The number of hydrogen-bond acceptors (Lipinski definition) is 6. The van der Waals surface area contributed by atoms with Gasteiger partial charge in [0.05, 0.1) is 18.9 Å². The highest BCUT2D eigenvalue weighted by Gasteiger charge is 2.23. The lowest BCUT2D eigenvalue weighted by Crippen LogP contribution is -2.37. The van der Waals surface area contributed by atoms with Crippen LogP contribution in [0.2, 0.25) is 0 Å². The third-order valence-corrected chi connectivity index (χ3v) is 4.93. The number of rotatable bonds is 8. The molecule has 1 atom stereocenters. The summed E-state index contributed by atoms with van der Waals surface area (Å²) in [5, 5.41) is 4.52. The van der Waals surface area contributed by atoms with Crippen molar-refractivity contribution in [1.29, 1.82) is 0 Å². The zero-order valence-electron chi connectivity index (χ0n) is 13.4. The summed E-state index contributed by atoms with van der Waals surface area (Å²) in [7, 11) is 3.51. The van der Waals surface area contributed by atoms with Gasteiger partial charge in [0.15, 0.2) is 5.13 Å². The number of piperidine rings is 1. The monoisotopic (exact) mass is 313 g/mol. The molecule has 120 valence electrons. The van der Waals surface area contributed by atoms with Crippen molar-refractivity contribution in [2.24, 2.45) is 5.92 Å². The molecule has 1 unspecified atom stereocenters. The van der Waals surface area contributed by atoms with Gasteiger partial charge >= 0.3 is 0 Å². The third kappa shape index (κ3) is 4.64. The maximum absolute atomic E-state index is 5.31. The SMILES string of the molecule is CCNCc1sc(N2CCCC(COC)C2)nc1COC. The van der Waals surface area contributed by atoms with E-state index < -0.39 is 0 Å². The Hall–Kier alpha value is -0.690. The van der Waals surface area contributed by atoms with Crippen LogP contribution in [0.1, 0.15) is 30.3 Å². The Morgan fingerprint density at radius 3 is 2.95 bits per heavy atom. The first-order valence-corrected chi connectivity index (χ1v) is 8.52. The molecule has 0 spiro atoms. The molecule has 0 amide bonds. The van der Waals surface area contributed by atoms with Crippen molar-refractivity contribution in [3.63, 3.8) is 0 Å². The van der Waals surface area contributed by atoms with Crippen LogP contribution in [0.15, 0.2) is 0 Å². The van der Waals surface area contributed by atoms with Gasteiger partial charge in [0.2, 0.25) is 0 Å². The zero-order chi connectivity index (χ0) is 15.1. The summed E-state index contributed by atoms with van der Waals surface area (Å²) in [5.74, 6) is 0.621. The van der Waals surface area contributed by atoms with Crippen molar-refractivity contribution < 1.29 is 9.47 Å². The molecular weight excluding hydrogens is 286 g/mol. The number of aromatic nitrogens is 1. The molecule has 1 aromatic heterocycles. The van der Waals surface area contributed by atoms with E-state index >= 15 is 0 Å². The zero-order valence-corrected chi connectivity index (χ0v) is 14.2. The first-order valence-electron chi connectivity index (χ1n) is 7.70. The van der Waals surface area contributed by atoms with Crippen molar-refractivity contribution in [1.82, 2.24) is 10.3 Å². The number of ether oxygens (including phenoxy) is 2. The number of nitrogens with one attached hydrogen (secondary N) is 1. The summed E-state index contributed by atoms with van der Waals surface area (Å²) in [5.41, 5.74) is 1.08. The number of hydrogen-bond donors (Lipinski definition) is 1. The normalized spacial score (nSPS) is 19.2. The Labute approximate surface area is 131 Å². The van der Waals surface area contributed by atoms with E-state index in [4.69, 9.17) is 14.5 Å². The standard InChI is InChI=1S/C15H27N3O2S/c1-4-16-8-14-13(11-20-3)17-15(21-14)18-7-5-6-12(9-18)10-19-2/h12,16H,4-11H2,1-3H3. The van der Waals surface area contributed by atoms with Gasteiger partial charge in [-0.05, 0) is 25.3 Å². The van der Waals surface area contributed by atoms with Crippen LogP contribution in [0.25, 0.3) is 0 Å². The Kier molecular flexibility index (Phi) is 6.89. The van der Waals surface area contributed by atoms with Crippen molar-refractivity contribution in [3.8, 4) is 0 Å². The van der Waals surface area contributed by atoms with Gasteiger partial charge in [-0.15, -0.1) is 11.3 Å². The average Bonchev–Trinajstić information content (AvgIpc) is 2.89. The van der Waals surface area contributed by atoms with Crippen LogP contribution in [-0.4, -0.2) is 45.4 Å². The second kappa shape index (κ2) is 8.68. The summed E-state index contributed by atoms with van der Waals surface area (Å²) in [4.78, 5) is 8.51. The van der Waals surface area contributed by atoms with Crippen molar-refractivity contribution >= 4 is 16.5 Å². The molecule has 0 radical (unpaired) electrons. The van der Waals surface area contributed by atoms with Crippen LogP contribution in [-0.2, 0) is 22.6 Å². The highest BCUT2D eigenvalue weighted by molar-refractivity contribution is 7.15. The molecule has 0 aromatic carbocycles. The Bertz CT molecular complexity index is 423. The van der Waals surface area contributed by atoms with E-state index in [9.17, 15) is 0 Å². The summed E-state index contributed by atoms with van der Waals surface area (Å²) in [6.07, 6.45) is 2.47. The Morgan fingerprint density at radius 1 is 1.38 bits per heavy atom. The van der Waals surface area contributed by atoms with Gasteiger partial charge < -0.3 is 19.7 Å². The highest BCUT2D eigenvalue weighted by Crippen LogP contribution is 2.30. The topological polar surface area (TPSA) is 46.6 Å². The van der Waals surface area contributed by atoms with Gasteiger partial charge in [0.1, 0.15) is 0 Å². The van der Waals surface area contributed by atoms with E-state index in [0.29, 0.717) is 12.5 Å². The molecule has 0 aliphatic carbocycles. The smallest absolute Gasteiger partial charge is 0.185 e. The lowest BCUT2D eigenvalue weighted by atomic mass is 9.99. The third-order valence-electron chi connectivity index (χ3n) is 3.78. The molecule has 2 heterocycles. The number of thiazole rings is 1. The van der Waals surface area contributed by atoms with E-state index in [0.717, 1.165) is 43.6 Å². The minimum Gasteiger partial charge on any atom is -0.384 e. The first-order chi connectivity index (χ1) is 10.3. The second-order valence-electron chi connectivity index (χ2n) is 5.49. The minimum atomic E-state index is 0.590. The van der Waals surface area contributed by atoms with E-state index in [1.807, 2.05) is 0 Å². The predicted octanol–water partition coefficient (Wildman–Crippen LogP) is 2.26. The van der Waals surface area contributed by atoms with Gasteiger partial charge in [-0.1, -0.05) is 6.92 Å². The molecule has 1 aliphatic heterocycles. The highest BCUT2D eigenvalue weighted by atomic mass is 32.1. The Balaban J connectivity index is 2.07.